The number of carbonyl (C=O) groups is 1. The zero-order valence-electron chi connectivity index (χ0n) is 16.3. The Kier molecular flexibility index (Phi) is 7.15. The highest BCUT2D eigenvalue weighted by Crippen LogP contribution is 2.24. The summed E-state index contributed by atoms with van der Waals surface area (Å²) in [5.74, 6) is 0.131. The van der Waals surface area contributed by atoms with E-state index < -0.39 is 0 Å². The van der Waals surface area contributed by atoms with Crippen LogP contribution in [0.15, 0.2) is 48.5 Å². The maximum atomic E-state index is 12.5. The van der Waals surface area contributed by atoms with Gasteiger partial charge in [-0.25, -0.2) is 0 Å². The van der Waals surface area contributed by atoms with Crippen LogP contribution >= 0.6 is 0 Å². The summed E-state index contributed by atoms with van der Waals surface area (Å²) in [7, 11) is 6.26. The molecule has 0 saturated carbocycles. The van der Waals surface area contributed by atoms with Gasteiger partial charge in [0.1, 0.15) is 22.8 Å². The molecule has 2 N–H and O–H groups in total. The number of carbonyl (C=O) groups excluding carboxylic acids is 1. The smallest absolute Gasteiger partial charge is 0.222 e. The van der Waals surface area contributed by atoms with Gasteiger partial charge < -0.3 is 31.9 Å². The van der Waals surface area contributed by atoms with Crippen LogP contribution in [-0.4, -0.2) is 64.7 Å². The van der Waals surface area contributed by atoms with Crippen molar-refractivity contribution in [2.45, 2.75) is 12.5 Å². The number of aromatic hydroxyl groups is 1. The molecule has 1 unspecified atom stereocenters. The van der Waals surface area contributed by atoms with Crippen molar-refractivity contribution in [3.8, 4) is 5.75 Å². The molecular weight excluding hydrogens is 422 g/mol. The summed E-state index contributed by atoms with van der Waals surface area (Å²) in [4.78, 5) is 14.1. The normalized spacial score (nSPS) is 12.4. The summed E-state index contributed by atoms with van der Waals surface area (Å²) in [6.07, 6.45) is 0.225. The molecule has 1 amide bonds. The van der Waals surface area contributed by atoms with Crippen molar-refractivity contribution in [2.75, 3.05) is 34.2 Å². The standard InChI is InChI=1S/C20H25N5O2.BrH/c1-25(2,3)13-12-21-20(27)14-19(15-8-10-16(26)11-9-15)24-22-17-6-4-5-7-18(17)23-24;/h4-11,19H,12-14H2,1-3H3,(H-,21,26,27);1H. The minimum atomic E-state index is -0.345. The molecule has 8 heteroatoms. The van der Waals surface area contributed by atoms with E-state index in [2.05, 4.69) is 36.7 Å². The lowest BCUT2D eigenvalue weighted by Gasteiger charge is -2.24. The molecular formula is C20H26BrN5O2. The van der Waals surface area contributed by atoms with Crippen LogP contribution in [0.3, 0.4) is 0 Å². The molecule has 0 fully saturated rings. The topological polar surface area (TPSA) is 80.0 Å². The van der Waals surface area contributed by atoms with E-state index >= 15 is 0 Å². The van der Waals surface area contributed by atoms with Crippen LogP contribution in [0.25, 0.3) is 11.0 Å². The van der Waals surface area contributed by atoms with Crippen LogP contribution < -0.4 is 22.3 Å². The third kappa shape index (κ3) is 5.77. The Morgan fingerprint density at radius 3 is 2.18 bits per heavy atom. The van der Waals surface area contributed by atoms with Gasteiger partial charge in [-0.1, -0.05) is 24.3 Å². The number of quaternary nitrogens is 1. The number of amides is 1. The van der Waals surface area contributed by atoms with E-state index in [1.807, 2.05) is 24.3 Å². The van der Waals surface area contributed by atoms with Gasteiger partial charge in [0.25, 0.3) is 0 Å². The maximum absolute atomic E-state index is 12.5. The van der Waals surface area contributed by atoms with E-state index in [9.17, 15) is 9.90 Å². The number of halogens is 1. The number of hydrogen-bond donors (Lipinski definition) is 2. The lowest BCUT2D eigenvalue weighted by molar-refractivity contribution is -0.869. The highest BCUT2D eigenvalue weighted by Gasteiger charge is 2.21. The van der Waals surface area contributed by atoms with Crippen molar-refractivity contribution in [3.63, 3.8) is 0 Å². The highest BCUT2D eigenvalue weighted by molar-refractivity contribution is 5.77. The molecule has 1 atom stereocenters. The summed E-state index contributed by atoms with van der Waals surface area (Å²) in [6.45, 7) is 1.46. The second-order valence-corrected chi connectivity index (χ2v) is 7.68. The molecule has 7 nitrogen and oxygen atoms in total. The minimum Gasteiger partial charge on any atom is -1.00 e. The number of likely N-dealkylation sites (N-methyl/N-ethyl adjacent to an activating group) is 1. The van der Waals surface area contributed by atoms with Gasteiger partial charge in [-0.2, -0.15) is 15.0 Å². The molecule has 2 aromatic carbocycles. The van der Waals surface area contributed by atoms with Gasteiger partial charge in [-0.15, -0.1) is 0 Å². The van der Waals surface area contributed by atoms with Crippen LogP contribution in [0.1, 0.15) is 18.0 Å². The van der Waals surface area contributed by atoms with Crippen molar-refractivity contribution in [2.24, 2.45) is 0 Å². The van der Waals surface area contributed by atoms with Gasteiger partial charge in [0.05, 0.1) is 40.7 Å². The number of hydrogen-bond acceptors (Lipinski definition) is 4. The Morgan fingerprint density at radius 2 is 1.64 bits per heavy atom. The molecule has 3 aromatic rings. The van der Waals surface area contributed by atoms with E-state index in [1.54, 1.807) is 29.1 Å². The van der Waals surface area contributed by atoms with E-state index in [0.29, 0.717) is 6.54 Å². The molecule has 0 aliphatic heterocycles. The van der Waals surface area contributed by atoms with Crippen LogP contribution in [0.5, 0.6) is 5.75 Å². The van der Waals surface area contributed by atoms with Crippen LogP contribution in [0.4, 0.5) is 0 Å². The zero-order valence-corrected chi connectivity index (χ0v) is 17.9. The van der Waals surface area contributed by atoms with Crippen molar-refractivity contribution < 1.29 is 31.4 Å². The number of phenolic OH excluding ortho intramolecular Hbond substituents is 1. The second kappa shape index (κ2) is 9.16. The van der Waals surface area contributed by atoms with Gasteiger partial charge in [-0.3, -0.25) is 4.79 Å². The number of aromatic nitrogens is 3. The fraction of sp³-hybridized carbons (Fsp3) is 0.350. The number of benzene rings is 2. The van der Waals surface area contributed by atoms with Crippen LogP contribution in [-0.2, 0) is 4.79 Å². The second-order valence-electron chi connectivity index (χ2n) is 7.68. The zero-order chi connectivity index (χ0) is 19.4. The van der Waals surface area contributed by atoms with Gasteiger partial charge in [-0.05, 0) is 29.8 Å². The quantitative estimate of drug-likeness (QED) is 0.452. The summed E-state index contributed by atoms with van der Waals surface area (Å²) in [5.41, 5.74) is 2.44. The van der Waals surface area contributed by atoms with Crippen LogP contribution in [0.2, 0.25) is 0 Å². The predicted molar refractivity (Wildman–Crippen MR) is 104 cm³/mol. The number of nitrogens with zero attached hydrogens (tertiary/aromatic N) is 4. The summed E-state index contributed by atoms with van der Waals surface area (Å²) < 4.78 is 0.785. The summed E-state index contributed by atoms with van der Waals surface area (Å²) in [6, 6.07) is 14.1. The molecule has 0 bridgehead atoms. The van der Waals surface area contributed by atoms with Gasteiger partial charge in [0, 0.05) is 0 Å². The van der Waals surface area contributed by atoms with E-state index in [1.165, 1.54) is 0 Å². The average Bonchev–Trinajstić information content (AvgIpc) is 3.03. The Bertz CT molecular complexity index is 885. The Morgan fingerprint density at radius 1 is 1.07 bits per heavy atom. The van der Waals surface area contributed by atoms with Crippen molar-refractivity contribution in [1.82, 2.24) is 20.3 Å². The SMILES string of the molecule is C[N+](C)(C)CCNC(=O)CC(c1ccc(O)cc1)n1nc2ccccc2n1.[Br-]. The van der Waals surface area contributed by atoms with E-state index in [4.69, 9.17) is 0 Å². The molecule has 150 valence electrons. The number of fused-ring (bicyclic) bond motifs is 1. The molecule has 1 aromatic heterocycles. The Labute approximate surface area is 175 Å². The third-order valence-corrected chi connectivity index (χ3v) is 4.34. The molecule has 1 heterocycles. The highest BCUT2D eigenvalue weighted by atomic mass is 79.9. The first kappa shape index (κ1) is 21.8. The monoisotopic (exact) mass is 447 g/mol. The molecule has 0 radical (unpaired) electrons. The third-order valence-electron chi connectivity index (χ3n) is 4.34. The largest absolute Gasteiger partial charge is 1.00 e. The maximum Gasteiger partial charge on any atom is 0.222 e. The van der Waals surface area contributed by atoms with Crippen molar-refractivity contribution >= 4 is 16.9 Å². The summed E-state index contributed by atoms with van der Waals surface area (Å²) in [5, 5.41) is 21.6. The Hall–Kier alpha value is -2.45. The molecule has 0 aliphatic rings. The first-order chi connectivity index (χ1) is 12.8. The fourth-order valence-electron chi connectivity index (χ4n) is 2.82. The number of nitrogens with one attached hydrogen (secondary N) is 1. The Balaban J connectivity index is 0.00000280. The van der Waals surface area contributed by atoms with Crippen LogP contribution in [0, 0.1) is 0 Å². The predicted octanol–water partition coefficient (Wildman–Crippen LogP) is -1.06. The lowest BCUT2D eigenvalue weighted by atomic mass is 10.0. The van der Waals surface area contributed by atoms with Gasteiger partial charge in [0.15, 0.2) is 0 Å². The first-order valence-electron chi connectivity index (χ1n) is 8.99. The molecule has 0 spiro atoms. The molecule has 0 aliphatic carbocycles. The number of phenols is 1. The van der Waals surface area contributed by atoms with E-state index in [-0.39, 0.29) is 41.1 Å². The lowest BCUT2D eigenvalue weighted by Crippen LogP contribution is -3.00. The average molecular weight is 448 g/mol. The van der Waals surface area contributed by atoms with E-state index in [0.717, 1.165) is 27.6 Å². The van der Waals surface area contributed by atoms with Crippen molar-refractivity contribution in [3.05, 3.63) is 54.1 Å². The van der Waals surface area contributed by atoms with Gasteiger partial charge >= 0.3 is 0 Å². The fourth-order valence-corrected chi connectivity index (χ4v) is 2.82. The molecule has 0 saturated heterocycles. The molecule has 3 rings (SSSR count). The van der Waals surface area contributed by atoms with Gasteiger partial charge in [0.2, 0.25) is 5.91 Å². The summed E-state index contributed by atoms with van der Waals surface area (Å²) >= 11 is 0. The molecule has 28 heavy (non-hydrogen) atoms. The number of rotatable bonds is 7. The van der Waals surface area contributed by atoms with Crippen molar-refractivity contribution in [1.29, 1.82) is 0 Å². The first-order valence-corrected chi connectivity index (χ1v) is 8.99. The minimum absolute atomic E-state index is 0.